The molecule has 1 aromatic carbocycles. The van der Waals surface area contributed by atoms with E-state index in [0.29, 0.717) is 6.04 Å². The van der Waals surface area contributed by atoms with Crippen molar-refractivity contribution in [3.05, 3.63) is 22.7 Å². The summed E-state index contributed by atoms with van der Waals surface area (Å²) in [4.78, 5) is 0.118. The molecule has 0 amide bonds. The Morgan fingerprint density at radius 3 is 2.79 bits per heavy atom. The topological polar surface area (TPSA) is 84.2 Å². The molecule has 0 spiro atoms. The van der Waals surface area contributed by atoms with Gasteiger partial charge in [-0.2, -0.15) is 0 Å². The van der Waals surface area contributed by atoms with Crippen LogP contribution in [0.4, 0.5) is 5.69 Å². The second kappa shape index (κ2) is 6.21. The van der Waals surface area contributed by atoms with Gasteiger partial charge in [0.1, 0.15) is 0 Å². The van der Waals surface area contributed by atoms with E-state index in [1.54, 1.807) is 6.07 Å². The van der Waals surface area contributed by atoms with Crippen molar-refractivity contribution in [3.8, 4) is 0 Å². The Morgan fingerprint density at radius 2 is 2.11 bits per heavy atom. The van der Waals surface area contributed by atoms with Crippen LogP contribution in [-0.4, -0.2) is 27.5 Å². The SMILES string of the molecule is NS(=O)(=O)c1ccc(NC2CCCNCC2)c(Br)c1. The van der Waals surface area contributed by atoms with Crippen LogP contribution in [-0.2, 0) is 10.0 Å². The molecule has 0 aliphatic carbocycles. The predicted octanol–water partition coefficient (Wildman–Crippen LogP) is 1.65. The van der Waals surface area contributed by atoms with Gasteiger partial charge in [-0.3, -0.25) is 0 Å². The molecular formula is C12H18BrN3O2S. The summed E-state index contributed by atoms with van der Waals surface area (Å²) in [6, 6.07) is 5.22. The van der Waals surface area contributed by atoms with Crippen molar-refractivity contribution in [1.82, 2.24) is 5.32 Å². The van der Waals surface area contributed by atoms with Crippen LogP contribution < -0.4 is 15.8 Å². The molecule has 19 heavy (non-hydrogen) atoms. The summed E-state index contributed by atoms with van der Waals surface area (Å²) in [5, 5.41) is 11.9. The molecule has 0 radical (unpaired) electrons. The van der Waals surface area contributed by atoms with Gasteiger partial charge in [0.25, 0.3) is 0 Å². The average molecular weight is 348 g/mol. The van der Waals surface area contributed by atoms with Crippen LogP contribution in [0, 0.1) is 0 Å². The number of sulfonamides is 1. The molecule has 7 heteroatoms. The molecule has 0 saturated carbocycles. The van der Waals surface area contributed by atoms with Gasteiger partial charge in [-0.1, -0.05) is 0 Å². The molecule has 1 atom stereocenters. The van der Waals surface area contributed by atoms with Crippen LogP contribution in [0.5, 0.6) is 0 Å². The van der Waals surface area contributed by atoms with Gasteiger partial charge in [-0.25, -0.2) is 13.6 Å². The smallest absolute Gasteiger partial charge is 0.238 e. The van der Waals surface area contributed by atoms with Gasteiger partial charge in [0, 0.05) is 16.2 Å². The maximum absolute atomic E-state index is 11.3. The third-order valence-corrected chi connectivity index (χ3v) is 4.77. The molecule has 4 N–H and O–H groups in total. The summed E-state index contributed by atoms with van der Waals surface area (Å²) < 4.78 is 23.2. The highest BCUT2D eigenvalue weighted by Gasteiger charge is 2.14. The van der Waals surface area contributed by atoms with Gasteiger partial charge in [0.15, 0.2) is 0 Å². The van der Waals surface area contributed by atoms with E-state index >= 15 is 0 Å². The monoisotopic (exact) mass is 347 g/mol. The fraction of sp³-hybridized carbons (Fsp3) is 0.500. The van der Waals surface area contributed by atoms with Crippen LogP contribution in [0.3, 0.4) is 0 Å². The van der Waals surface area contributed by atoms with Gasteiger partial charge in [0.05, 0.1) is 4.90 Å². The average Bonchev–Trinajstić information content (AvgIpc) is 2.59. The number of nitrogens with one attached hydrogen (secondary N) is 2. The first-order valence-electron chi connectivity index (χ1n) is 6.26. The van der Waals surface area contributed by atoms with Crippen molar-refractivity contribution in [2.45, 2.75) is 30.2 Å². The highest BCUT2D eigenvalue weighted by atomic mass is 79.9. The van der Waals surface area contributed by atoms with Crippen molar-refractivity contribution in [1.29, 1.82) is 0 Å². The largest absolute Gasteiger partial charge is 0.381 e. The zero-order valence-corrected chi connectivity index (χ0v) is 12.9. The van der Waals surface area contributed by atoms with E-state index in [2.05, 4.69) is 26.6 Å². The van der Waals surface area contributed by atoms with Crippen molar-refractivity contribution in [2.24, 2.45) is 5.14 Å². The number of benzene rings is 1. The molecule has 2 rings (SSSR count). The van der Waals surface area contributed by atoms with E-state index in [4.69, 9.17) is 5.14 Å². The third kappa shape index (κ3) is 4.17. The molecule has 1 aliphatic rings. The fourth-order valence-corrected chi connectivity index (χ4v) is 3.36. The number of rotatable bonds is 3. The molecule has 1 aromatic rings. The predicted molar refractivity (Wildman–Crippen MR) is 79.6 cm³/mol. The number of hydrogen-bond acceptors (Lipinski definition) is 4. The summed E-state index contributed by atoms with van der Waals surface area (Å²) in [5.74, 6) is 0. The Balaban J connectivity index is 2.12. The number of nitrogens with two attached hydrogens (primary N) is 1. The second-order valence-corrected chi connectivity index (χ2v) is 7.12. The molecule has 1 fully saturated rings. The molecule has 5 nitrogen and oxygen atoms in total. The van der Waals surface area contributed by atoms with E-state index < -0.39 is 10.0 Å². The fourth-order valence-electron chi connectivity index (χ4n) is 2.17. The zero-order chi connectivity index (χ0) is 13.9. The highest BCUT2D eigenvalue weighted by Crippen LogP contribution is 2.27. The maximum atomic E-state index is 11.3. The van der Waals surface area contributed by atoms with E-state index in [0.717, 1.165) is 42.5 Å². The summed E-state index contributed by atoms with van der Waals surface area (Å²) in [7, 11) is -3.65. The minimum Gasteiger partial charge on any atom is -0.381 e. The van der Waals surface area contributed by atoms with Crippen LogP contribution >= 0.6 is 15.9 Å². The molecular weight excluding hydrogens is 330 g/mol. The first-order valence-corrected chi connectivity index (χ1v) is 8.60. The molecule has 1 saturated heterocycles. The molecule has 106 valence electrons. The van der Waals surface area contributed by atoms with Crippen LogP contribution in [0.25, 0.3) is 0 Å². The molecule has 0 aromatic heterocycles. The minimum atomic E-state index is -3.65. The van der Waals surface area contributed by atoms with Crippen LogP contribution in [0.2, 0.25) is 0 Å². The Bertz CT molecular complexity index is 540. The van der Waals surface area contributed by atoms with Crippen molar-refractivity contribution < 1.29 is 8.42 Å². The van der Waals surface area contributed by atoms with Crippen molar-refractivity contribution in [2.75, 3.05) is 18.4 Å². The Kier molecular flexibility index (Phi) is 4.83. The summed E-state index contributed by atoms with van der Waals surface area (Å²) >= 11 is 3.39. The zero-order valence-electron chi connectivity index (χ0n) is 10.5. The van der Waals surface area contributed by atoms with Gasteiger partial charge in [-0.05, 0) is 66.5 Å². The maximum Gasteiger partial charge on any atom is 0.238 e. The lowest BCUT2D eigenvalue weighted by Gasteiger charge is -2.18. The van der Waals surface area contributed by atoms with E-state index in [9.17, 15) is 8.42 Å². The number of halogens is 1. The first kappa shape index (κ1) is 14.8. The van der Waals surface area contributed by atoms with Gasteiger partial charge in [-0.15, -0.1) is 0 Å². The second-order valence-electron chi connectivity index (χ2n) is 4.71. The van der Waals surface area contributed by atoms with Gasteiger partial charge >= 0.3 is 0 Å². The Hall–Kier alpha value is -0.630. The number of primary sulfonamides is 1. The normalized spacial score (nSPS) is 20.8. The first-order chi connectivity index (χ1) is 8.97. The van der Waals surface area contributed by atoms with Crippen molar-refractivity contribution >= 4 is 31.6 Å². The number of anilines is 1. The lowest BCUT2D eigenvalue weighted by atomic mass is 10.1. The van der Waals surface area contributed by atoms with E-state index in [1.165, 1.54) is 12.1 Å². The van der Waals surface area contributed by atoms with Gasteiger partial charge in [0.2, 0.25) is 10.0 Å². The summed E-state index contributed by atoms with van der Waals surface area (Å²) in [6.45, 7) is 2.06. The Morgan fingerprint density at radius 1 is 1.32 bits per heavy atom. The van der Waals surface area contributed by atoms with Gasteiger partial charge < -0.3 is 10.6 Å². The van der Waals surface area contributed by atoms with E-state index in [-0.39, 0.29) is 4.90 Å². The third-order valence-electron chi connectivity index (χ3n) is 3.20. The standard InChI is InChI=1S/C12H18BrN3O2S/c13-11-8-10(19(14,17)18)3-4-12(11)16-9-2-1-6-15-7-5-9/h3-4,8-9,15-16H,1-2,5-7H2,(H2,14,17,18). The molecule has 1 heterocycles. The summed E-state index contributed by atoms with van der Waals surface area (Å²) in [5.41, 5.74) is 0.902. The lowest BCUT2D eigenvalue weighted by molar-refractivity contribution is 0.597. The molecule has 1 aliphatic heterocycles. The van der Waals surface area contributed by atoms with E-state index in [1.807, 2.05) is 0 Å². The highest BCUT2D eigenvalue weighted by molar-refractivity contribution is 9.10. The molecule has 1 unspecified atom stereocenters. The van der Waals surface area contributed by atoms with Crippen LogP contribution in [0.1, 0.15) is 19.3 Å². The quantitative estimate of drug-likeness (QED) is 0.776. The van der Waals surface area contributed by atoms with Crippen LogP contribution in [0.15, 0.2) is 27.6 Å². The Labute approximate surface area is 122 Å². The summed E-state index contributed by atoms with van der Waals surface area (Å²) in [6.07, 6.45) is 3.31. The van der Waals surface area contributed by atoms with Crippen molar-refractivity contribution in [3.63, 3.8) is 0 Å². The lowest BCUT2D eigenvalue weighted by Crippen LogP contribution is -2.21. The molecule has 0 bridgehead atoms. The minimum absolute atomic E-state index is 0.118. The number of hydrogen-bond donors (Lipinski definition) is 3.